The van der Waals surface area contributed by atoms with E-state index in [1.165, 1.54) is 6.07 Å². The number of carbonyl (C=O) groups is 2. The quantitative estimate of drug-likeness (QED) is 0.761. The highest BCUT2D eigenvalue weighted by atomic mass is 16.4. The molecule has 2 N–H and O–H groups in total. The standard InChI is InChI=1S/C14H19NO3/c1-3-4-5-9-13(16)15-12-8-6-7-11(10(12)2)14(17)18/h6-8H,3-5,9H2,1-2H3,(H,15,16)(H,17,18). The SMILES string of the molecule is CCCCCC(=O)Nc1cccc(C(=O)O)c1C. The third-order valence-electron chi connectivity index (χ3n) is 2.85. The molecule has 0 aromatic heterocycles. The average Bonchev–Trinajstić information content (AvgIpc) is 2.32. The Morgan fingerprint density at radius 1 is 1.28 bits per heavy atom. The van der Waals surface area contributed by atoms with Crippen molar-refractivity contribution in [2.45, 2.75) is 39.5 Å². The fourth-order valence-electron chi connectivity index (χ4n) is 1.75. The largest absolute Gasteiger partial charge is 0.478 e. The number of rotatable bonds is 6. The van der Waals surface area contributed by atoms with E-state index in [0.29, 0.717) is 17.7 Å². The summed E-state index contributed by atoms with van der Waals surface area (Å²) in [7, 11) is 0. The fraction of sp³-hybridized carbons (Fsp3) is 0.429. The lowest BCUT2D eigenvalue weighted by atomic mass is 10.1. The zero-order chi connectivity index (χ0) is 13.5. The number of carboxylic acid groups (broad SMARTS) is 1. The van der Waals surface area contributed by atoms with E-state index in [4.69, 9.17) is 5.11 Å². The molecule has 0 aliphatic heterocycles. The van der Waals surface area contributed by atoms with Gasteiger partial charge in [-0.1, -0.05) is 25.8 Å². The lowest BCUT2D eigenvalue weighted by Crippen LogP contribution is -2.13. The summed E-state index contributed by atoms with van der Waals surface area (Å²) in [6, 6.07) is 4.89. The van der Waals surface area contributed by atoms with Crippen LogP contribution in [0.2, 0.25) is 0 Å². The second kappa shape index (κ2) is 6.79. The highest BCUT2D eigenvalue weighted by molar-refractivity contribution is 5.95. The zero-order valence-corrected chi connectivity index (χ0v) is 10.8. The van der Waals surface area contributed by atoms with Gasteiger partial charge in [-0.3, -0.25) is 4.79 Å². The first-order valence-corrected chi connectivity index (χ1v) is 6.19. The van der Waals surface area contributed by atoms with Crippen LogP contribution in [0.25, 0.3) is 0 Å². The Kier molecular flexibility index (Phi) is 5.36. The Balaban J connectivity index is 2.70. The summed E-state index contributed by atoms with van der Waals surface area (Å²) in [5.41, 5.74) is 1.39. The van der Waals surface area contributed by atoms with Crippen LogP contribution in [0.1, 0.15) is 48.5 Å². The number of benzene rings is 1. The smallest absolute Gasteiger partial charge is 0.336 e. The van der Waals surface area contributed by atoms with Gasteiger partial charge in [0.15, 0.2) is 0 Å². The summed E-state index contributed by atoms with van der Waals surface area (Å²) in [5.74, 6) is -1.04. The van der Waals surface area contributed by atoms with Gasteiger partial charge in [0.05, 0.1) is 5.56 Å². The molecule has 1 amide bonds. The maximum atomic E-state index is 11.7. The van der Waals surface area contributed by atoms with Crippen molar-refractivity contribution < 1.29 is 14.7 Å². The van der Waals surface area contributed by atoms with Crippen LogP contribution in [0.4, 0.5) is 5.69 Å². The number of carboxylic acids is 1. The predicted molar refractivity (Wildman–Crippen MR) is 70.9 cm³/mol. The van der Waals surface area contributed by atoms with Crippen molar-refractivity contribution in [1.82, 2.24) is 0 Å². The van der Waals surface area contributed by atoms with E-state index in [-0.39, 0.29) is 11.5 Å². The van der Waals surface area contributed by atoms with Crippen LogP contribution in [0.3, 0.4) is 0 Å². The van der Waals surface area contributed by atoms with Crippen molar-refractivity contribution in [2.75, 3.05) is 5.32 Å². The molecule has 0 saturated carbocycles. The molecule has 0 spiro atoms. The summed E-state index contributed by atoms with van der Waals surface area (Å²) >= 11 is 0. The van der Waals surface area contributed by atoms with E-state index >= 15 is 0 Å². The molecule has 4 nitrogen and oxygen atoms in total. The van der Waals surface area contributed by atoms with Gasteiger partial charge in [0.1, 0.15) is 0 Å². The van der Waals surface area contributed by atoms with Crippen LogP contribution < -0.4 is 5.32 Å². The Labute approximate surface area is 107 Å². The number of hydrogen-bond acceptors (Lipinski definition) is 2. The van der Waals surface area contributed by atoms with E-state index in [2.05, 4.69) is 12.2 Å². The lowest BCUT2D eigenvalue weighted by molar-refractivity contribution is -0.116. The summed E-state index contributed by atoms with van der Waals surface area (Å²) in [5, 5.41) is 11.7. The number of amides is 1. The number of nitrogens with one attached hydrogen (secondary N) is 1. The molecule has 1 aromatic rings. The molecular formula is C14H19NO3. The first kappa shape index (κ1) is 14.2. The Hall–Kier alpha value is -1.84. The van der Waals surface area contributed by atoms with Crippen LogP contribution in [0.5, 0.6) is 0 Å². The van der Waals surface area contributed by atoms with Crippen LogP contribution in [-0.2, 0) is 4.79 Å². The average molecular weight is 249 g/mol. The van der Waals surface area contributed by atoms with E-state index in [0.717, 1.165) is 19.3 Å². The minimum absolute atomic E-state index is 0.0610. The van der Waals surface area contributed by atoms with Gasteiger partial charge in [-0.05, 0) is 31.0 Å². The number of hydrogen-bond donors (Lipinski definition) is 2. The van der Waals surface area contributed by atoms with Crippen LogP contribution in [-0.4, -0.2) is 17.0 Å². The summed E-state index contributed by atoms with van der Waals surface area (Å²) in [4.78, 5) is 22.6. The number of aromatic carboxylic acids is 1. The van der Waals surface area contributed by atoms with Gasteiger partial charge in [-0.25, -0.2) is 4.79 Å². The molecule has 0 heterocycles. The van der Waals surface area contributed by atoms with E-state index in [1.807, 2.05) is 0 Å². The summed E-state index contributed by atoms with van der Waals surface area (Å²) in [6.45, 7) is 3.78. The first-order valence-electron chi connectivity index (χ1n) is 6.19. The van der Waals surface area contributed by atoms with Crippen molar-refractivity contribution in [3.05, 3.63) is 29.3 Å². The third kappa shape index (κ3) is 3.87. The minimum atomic E-state index is -0.977. The summed E-state index contributed by atoms with van der Waals surface area (Å²) < 4.78 is 0. The van der Waals surface area contributed by atoms with Crippen molar-refractivity contribution in [1.29, 1.82) is 0 Å². The maximum Gasteiger partial charge on any atom is 0.336 e. The second-order valence-corrected chi connectivity index (χ2v) is 4.29. The molecule has 0 unspecified atom stereocenters. The molecule has 4 heteroatoms. The van der Waals surface area contributed by atoms with Crippen LogP contribution >= 0.6 is 0 Å². The van der Waals surface area contributed by atoms with Gasteiger partial charge >= 0.3 is 5.97 Å². The topological polar surface area (TPSA) is 66.4 Å². The monoisotopic (exact) mass is 249 g/mol. The summed E-state index contributed by atoms with van der Waals surface area (Å²) in [6.07, 6.45) is 3.44. The molecule has 0 aliphatic carbocycles. The highest BCUT2D eigenvalue weighted by Gasteiger charge is 2.11. The van der Waals surface area contributed by atoms with Crippen LogP contribution in [0, 0.1) is 6.92 Å². The molecule has 0 saturated heterocycles. The van der Waals surface area contributed by atoms with Crippen molar-refractivity contribution in [3.8, 4) is 0 Å². The molecule has 0 bridgehead atoms. The van der Waals surface area contributed by atoms with Crippen molar-refractivity contribution in [2.24, 2.45) is 0 Å². The molecule has 1 aromatic carbocycles. The van der Waals surface area contributed by atoms with Gasteiger partial charge < -0.3 is 10.4 Å². The third-order valence-corrected chi connectivity index (χ3v) is 2.85. The van der Waals surface area contributed by atoms with Crippen molar-refractivity contribution in [3.63, 3.8) is 0 Å². The van der Waals surface area contributed by atoms with Gasteiger partial charge in [0.25, 0.3) is 0 Å². The van der Waals surface area contributed by atoms with E-state index in [9.17, 15) is 9.59 Å². The molecule has 1 rings (SSSR count). The zero-order valence-electron chi connectivity index (χ0n) is 10.8. The second-order valence-electron chi connectivity index (χ2n) is 4.29. The Bertz CT molecular complexity index is 441. The molecule has 0 radical (unpaired) electrons. The highest BCUT2D eigenvalue weighted by Crippen LogP contribution is 2.19. The van der Waals surface area contributed by atoms with Gasteiger partial charge in [0.2, 0.25) is 5.91 Å². The van der Waals surface area contributed by atoms with Gasteiger partial charge in [-0.15, -0.1) is 0 Å². The van der Waals surface area contributed by atoms with Gasteiger partial charge in [0, 0.05) is 12.1 Å². The number of anilines is 1. The van der Waals surface area contributed by atoms with E-state index in [1.54, 1.807) is 19.1 Å². The number of unbranched alkanes of at least 4 members (excludes halogenated alkanes) is 2. The molecule has 0 aliphatic rings. The Morgan fingerprint density at radius 3 is 2.61 bits per heavy atom. The molecule has 0 fully saturated rings. The van der Waals surface area contributed by atoms with E-state index < -0.39 is 5.97 Å². The normalized spacial score (nSPS) is 10.1. The molecule has 98 valence electrons. The molecular weight excluding hydrogens is 230 g/mol. The fourth-order valence-corrected chi connectivity index (χ4v) is 1.75. The maximum absolute atomic E-state index is 11.7. The minimum Gasteiger partial charge on any atom is -0.478 e. The predicted octanol–water partition coefficient (Wildman–Crippen LogP) is 3.21. The Morgan fingerprint density at radius 2 is 2.00 bits per heavy atom. The lowest BCUT2D eigenvalue weighted by Gasteiger charge is -2.10. The first-order chi connectivity index (χ1) is 8.56. The molecule has 18 heavy (non-hydrogen) atoms. The van der Waals surface area contributed by atoms with Crippen LogP contribution in [0.15, 0.2) is 18.2 Å². The van der Waals surface area contributed by atoms with Crippen molar-refractivity contribution >= 4 is 17.6 Å². The number of carbonyl (C=O) groups excluding carboxylic acids is 1. The molecule has 0 atom stereocenters. The van der Waals surface area contributed by atoms with Gasteiger partial charge in [-0.2, -0.15) is 0 Å².